The predicted octanol–water partition coefficient (Wildman–Crippen LogP) is 5.83. The summed E-state index contributed by atoms with van der Waals surface area (Å²) in [4.78, 5) is 16.4. The number of carbonyl (C=O) groups is 1. The van der Waals surface area contributed by atoms with Gasteiger partial charge in [-0.05, 0) is 56.1 Å². The minimum Gasteiger partial charge on any atom is -0.454 e. The molecule has 4 fully saturated rings. The zero-order chi connectivity index (χ0) is 24.3. The Bertz CT molecular complexity index is 996. The number of hydrogen-bond donors (Lipinski definition) is 0. The molecule has 4 saturated heterocycles. The SMILES string of the molecule is CC(C(=O)O[C@@H]1C[N+]2(CCc3cccc(Cl)c3)CCC1CC2)(c1ccccc1)N1CCCCCC1. The Hall–Kier alpha value is -1.88. The fourth-order valence-electron chi connectivity index (χ4n) is 6.69. The molecule has 4 aliphatic heterocycles. The molecule has 0 aliphatic carbocycles. The van der Waals surface area contributed by atoms with Gasteiger partial charge in [-0.2, -0.15) is 0 Å². The second-order valence-electron chi connectivity index (χ2n) is 11.2. The van der Waals surface area contributed by atoms with E-state index in [1.54, 1.807) is 0 Å². The van der Waals surface area contributed by atoms with E-state index in [4.69, 9.17) is 16.3 Å². The van der Waals surface area contributed by atoms with Gasteiger partial charge in [0.25, 0.3) is 0 Å². The first-order chi connectivity index (χ1) is 17.0. The van der Waals surface area contributed by atoms with Gasteiger partial charge in [0.1, 0.15) is 12.1 Å². The fourth-order valence-corrected chi connectivity index (χ4v) is 6.90. The molecule has 0 N–H and O–H groups in total. The van der Waals surface area contributed by atoms with Crippen LogP contribution in [0.2, 0.25) is 5.02 Å². The molecule has 0 radical (unpaired) electrons. The largest absolute Gasteiger partial charge is 0.454 e. The summed E-state index contributed by atoms with van der Waals surface area (Å²) in [6, 6.07) is 18.5. The molecule has 0 spiro atoms. The molecule has 0 saturated carbocycles. The molecule has 5 heteroatoms. The van der Waals surface area contributed by atoms with Crippen molar-refractivity contribution in [1.29, 1.82) is 0 Å². The maximum atomic E-state index is 14.1. The molecule has 2 bridgehead atoms. The minimum atomic E-state index is -0.733. The molecule has 4 heterocycles. The van der Waals surface area contributed by atoms with Crippen LogP contribution in [-0.2, 0) is 21.5 Å². The average Bonchev–Trinajstić information content (AvgIpc) is 3.18. The first kappa shape index (κ1) is 24.8. The summed E-state index contributed by atoms with van der Waals surface area (Å²) in [5.41, 5.74) is 1.62. The number of piperidine rings is 3. The van der Waals surface area contributed by atoms with Gasteiger partial charge in [-0.1, -0.05) is 66.9 Å². The van der Waals surface area contributed by atoms with Gasteiger partial charge >= 0.3 is 5.97 Å². The van der Waals surface area contributed by atoms with Gasteiger partial charge in [-0.15, -0.1) is 0 Å². The van der Waals surface area contributed by atoms with Crippen LogP contribution in [0.5, 0.6) is 0 Å². The van der Waals surface area contributed by atoms with Gasteiger partial charge in [0.2, 0.25) is 0 Å². The third-order valence-corrected chi connectivity index (χ3v) is 9.27. The van der Waals surface area contributed by atoms with Crippen LogP contribution in [-0.4, -0.2) is 60.7 Å². The number of quaternary nitrogens is 1. The minimum absolute atomic E-state index is 0.0133. The van der Waals surface area contributed by atoms with Gasteiger partial charge in [-0.3, -0.25) is 4.90 Å². The molecular weight excluding hydrogens is 456 g/mol. The van der Waals surface area contributed by atoms with Crippen LogP contribution in [0.25, 0.3) is 0 Å². The average molecular weight is 496 g/mol. The van der Waals surface area contributed by atoms with E-state index < -0.39 is 5.54 Å². The Morgan fingerprint density at radius 3 is 2.43 bits per heavy atom. The number of esters is 1. The highest BCUT2D eigenvalue weighted by Crippen LogP contribution is 2.38. The molecule has 6 rings (SSSR count). The lowest BCUT2D eigenvalue weighted by Crippen LogP contribution is -2.65. The third kappa shape index (κ3) is 5.30. The number of nitrogens with zero attached hydrogens (tertiary/aromatic N) is 2. The second kappa shape index (κ2) is 10.6. The number of likely N-dealkylation sites (tertiary alicyclic amines) is 1. The van der Waals surface area contributed by atoms with E-state index in [0.29, 0.717) is 5.92 Å². The molecule has 4 nitrogen and oxygen atoms in total. The van der Waals surface area contributed by atoms with Crippen LogP contribution >= 0.6 is 11.6 Å². The van der Waals surface area contributed by atoms with Crippen molar-refractivity contribution in [3.05, 3.63) is 70.7 Å². The van der Waals surface area contributed by atoms with Crippen LogP contribution in [0.1, 0.15) is 56.6 Å². The van der Waals surface area contributed by atoms with E-state index in [-0.39, 0.29) is 12.1 Å². The first-order valence-electron chi connectivity index (χ1n) is 13.6. The van der Waals surface area contributed by atoms with Crippen LogP contribution in [0, 0.1) is 5.92 Å². The van der Waals surface area contributed by atoms with E-state index in [1.165, 1.54) is 31.5 Å². The Kier molecular flexibility index (Phi) is 7.52. The third-order valence-electron chi connectivity index (χ3n) is 9.04. The number of benzene rings is 2. The van der Waals surface area contributed by atoms with E-state index in [9.17, 15) is 4.79 Å². The van der Waals surface area contributed by atoms with Gasteiger partial charge < -0.3 is 9.22 Å². The molecule has 0 aromatic heterocycles. The van der Waals surface area contributed by atoms with E-state index in [1.807, 2.05) is 30.3 Å². The van der Waals surface area contributed by atoms with Crippen molar-refractivity contribution in [2.24, 2.45) is 5.92 Å². The fraction of sp³-hybridized carbons (Fsp3) is 0.567. The summed E-state index contributed by atoms with van der Waals surface area (Å²) in [5, 5.41) is 0.806. The Balaban J connectivity index is 1.32. The van der Waals surface area contributed by atoms with E-state index >= 15 is 0 Å². The molecule has 188 valence electrons. The maximum Gasteiger partial charge on any atom is 0.331 e. The highest BCUT2D eigenvalue weighted by atomic mass is 35.5. The molecule has 35 heavy (non-hydrogen) atoms. The highest BCUT2D eigenvalue weighted by Gasteiger charge is 2.50. The van der Waals surface area contributed by atoms with E-state index in [0.717, 1.165) is 73.4 Å². The normalized spacial score (nSPS) is 28.7. The van der Waals surface area contributed by atoms with Crippen molar-refractivity contribution in [3.63, 3.8) is 0 Å². The summed E-state index contributed by atoms with van der Waals surface area (Å²) in [6.45, 7) is 8.43. The zero-order valence-electron chi connectivity index (χ0n) is 21.1. The Labute approximate surface area is 215 Å². The lowest BCUT2D eigenvalue weighted by atomic mass is 9.82. The summed E-state index contributed by atoms with van der Waals surface area (Å²) in [6.07, 6.45) is 8.11. The van der Waals surface area contributed by atoms with Crippen molar-refractivity contribution in [1.82, 2.24) is 4.90 Å². The lowest BCUT2D eigenvalue weighted by molar-refractivity contribution is -0.946. The molecule has 4 aliphatic rings. The first-order valence-corrected chi connectivity index (χ1v) is 14.0. The Morgan fingerprint density at radius 2 is 1.74 bits per heavy atom. The molecule has 2 atom stereocenters. The lowest BCUT2D eigenvalue weighted by Gasteiger charge is -2.52. The standard InChI is InChI=1S/C30H40ClN2O2/c1-30(26-11-5-4-6-12-26,32-17-7-2-3-8-18-32)29(34)35-28-23-33(20-15-25(28)16-21-33)19-14-24-10-9-13-27(31)22-24/h4-6,9-13,22,25,28H,2-3,7-8,14-21,23H2,1H3/q+1/t25?,28-,30?,33?/m1/s1. The number of hydrogen-bond acceptors (Lipinski definition) is 3. The maximum absolute atomic E-state index is 14.1. The smallest absolute Gasteiger partial charge is 0.331 e. The molecule has 0 amide bonds. The van der Waals surface area contributed by atoms with Crippen molar-refractivity contribution >= 4 is 17.6 Å². The number of fused-ring (bicyclic) bond motifs is 3. The summed E-state index contributed by atoms with van der Waals surface area (Å²) in [7, 11) is 0. The number of halogens is 1. The number of carbonyl (C=O) groups excluding carboxylic acids is 1. The quantitative estimate of drug-likeness (QED) is 0.357. The second-order valence-corrected chi connectivity index (χ2v) is 11.6. The summed E-state index contributed by atoms with van der Waals surface area (Å²) in [5.74, 6) is 0.437. The Morgan fingerprint density at radius 1 is 1.03 bits per heavy atom. The van der Waals surface area contributed by atoms with Gasteiger partial charge in [-0.25, -0.2) is 4.79 Å². The van der Waals surface area contributed by atoms with Crippen molar-refractivity contribution in [3.8, 4) is 0 Å². The summed E-state index contributed by atoms with van der Waals surface area (Å²) < 4.78 is 7.58. The van der Waals surface area contributed by atoms with Crippen LogP contribution in [0.15, 0.2) is 54.6 Å². The van der Waals surface area contributed by atoms with E-state index in [2.05, 4.69) is 36.1 Å². The van der Waals surface area contributed by atoms with Crippen LogP contribution in [0.3, 0.4) is 0 Å². The van der Waals surface area contributed by atoms with Crippen molar-refractivity contribution < 1.29 is 14.0 Å². The van der Waals surface area contributed by atoms with Gasteiger partial charge in [0.05, 0.1) is 19.6 Å². The molecule has 2 aromatic rings. The predicted molar refractivity (Wildman–Crippen MR) is 141 cm³/mol. The number of rotatable bonds is 7. The molecule has 1 unspecified atom stereocenters. The van der Waals surface area contributed by atoms with Gasteiger partial charge in [0, 0.05) is 30.2 Å². The van der Waals surface area contributed by atoms with Crippen LogP contribution < -0.4 is 0 Å². The molecule has 2 aromatic carbocycles. The summed E-state index contributed by atoms with van der Waals surface area (Å²) >= 11 is 6.22. The van der Waals surface area contributed by atoms with Crippen molar-refractivity contribution in [2.75, 3.05) is 39.3 Å². The zero-order valence-corrected chi connectivity index (χ0v) is 21.9. The number of ether oxygens (including phenoxy) is 1. The molecular formula is C30H40ClN2O2+. The monoisotopic (exact) mass is 495 g/mol. The van der Waals surface area contributed by atoms with Crippen molar-refractivity contribution in [2.45, 2.75) is 63.5 Å². The van der Waals surface area contributed by atoms with Gasteiger partial charge in [0.15, 0.2) is 6.10 Å². The van der Waals surface area contributed by atoms with Crippen LogP contribution in [0.4, 0.5) is 0 Å². The topological polar surface area (TPSA) is 29.5 Å². The highest BCUT2D eigenvalue weighted by molar-refractivity contribution is 6.30.